The largest absolute Gasteiger partial charge is 0.485 e. The summed E-state index contributed by atoms with van der Waals surface area (Å²) in [6.45, 7) is 6.04. The number of aryl methyl sites for hydroxylation is 2. The van der Waals surface area contributed by atoms with E-state index in [9.17, 15) is 4.79 Å². The van der Waals surface area contributed by atoms with Gasteiger partial charge in [0.15, 0.2) is 11.0 Å². The predicted molar refractivity (Wildman–Crippen MR) is 112 cm³/mol. The summed E-state index contributed by atoms with van der Waals surface area (Å²) in [5, 5.41) is 9.57. The van der Waals surface area contributed by atoms with Crippen LogP contribution in [-0.2, 0) is 11.4 Å². The summed E-state index contributed by atoms with van der Waals surface area (Å²) in [5.41, 5.74) is 3.20. The van der Waals surface area contributed by atoms with E-state index in [0.717, 1.165) is 45.7 Å². The van der Waals surface area contributed by atoms with Crippen LogP contribution in [0.5, 0.6) is 5.75 Å². The first-order valence-corrected chi connectivity index (χ1v) is 10.4. The number of benzene rings is 2. The van der Waals surface area contributed by atoms with E-state index in [4.69, 9.17) is 4.74 Å². The van der Waals surface area contributed by atoms with Crippen LogP contribution in [0.1, 0.15) is 36.7 Å². The minimum absolute atomic E-state index is 0.216. The molecule has 0 spiro atoms. The van der Waals surface area contributed by atoms with Gasteiger partial charge < -0.3 is 9.53 Å². The van der Waals surface area contributed by atoms with Crippen molar-refractivity contribution >= 4 is 17.5 Å². The van der Waals surface area contributed by atoms with E-state index < -0.39 is 0 Å². The SMILES string of the molecule is CC(=O)CCCSc1nnc(COc2c(C)cccc2C)n1-c1ccccc1. The number of aromatic nitrogens is 3. The quantitative estimate of drug-likeness (QED) is 0.380. The summed E-state index contributed by atoms with van der Waals surface area (Å²) in [6, 6.07) is 16.2. The molecule has 2 aromatic carbocycles. The number of ether oxygens (including phenoxy) is 1. The molecule has 0 aliphatic rings. The maximum atomic E-state index is 11.2. The Hall–Kier alpha value is -2.60. The Morgan fingerprint density at radius 3 is 2.43 bits per heavy atom. The van der Waals surface area contributed by atoms with Gasteiger partial charge in [0.1, 0.15) is 18.1 Å². The number of carbonyl (C=O) groups excluding carboxylic acids is 1. The smallest absolute Gasteiger partial charge is 0.195 e. The fraction of sp³-hybridized carbons (Fsp3) is 0.318. The lowest BCUT2D eigenvalue weighted by atomic mass is 10.1. The minimum atomic E-state index is 0.216. The Balaban J connectivity index is 1.81. The molecule has 0 aliphatic carbocycles. The number of hydrogen-bond acceptors (Lipinski definition) is 5. The van der Waals surface area contributed by atoms with Crippen LogP contribution in [0.25, 0.3) is 5.69 Å². The number of Topliss-reactive ketones (excluding diaryl/α,β-unsaturated/α-hetero) is 1. The molecule has 3 rings (SSSR count). The highest BCUT2D eigenvalue weighted by Crippen LogP contribution is 2.26. The Kier molecular flexibility index (Phi) is 6.87. The monoisotopic (exact) mass is 395 g/mol. The van der Waals surface area contributed by atoms with Gasteiger partial charge in [0.2, 0.25) is 0 Å². The highest BCUT2D eigenvalue weighted by molar-refractivity contribution is 7.99. The molecule has 0 N–H and O–H groups in total. The lowest BCUT2D eigenvalue weighted by molar-refractivity contribution is -0.117. The summed E-state index contributed by atoms with van der Waals surface area (Å²) in [7, 11) is 0. The van der Waals surface area contributed by atoms with Crippen LogP contribution >= 0.6 is 11.8 Å². The van der Waals surface area contributed by atoms with Crippen LogP contribution < -0.4 is 4.74 Å². The first-order valence-electron chi connectivity index (χ1n) is 9.37. The van der Waals surface area contributed by atoms with Crippen LogP contribution in [0.15, 0.2) is 53.7 Å². The van der Waals surface area contributed by atoms with E-state index in [1.807, 2.05) is 66.9 Å². The molecule has 6 heteroatoms. The van der Waals surface area contributed by atoms with Crippen molar-refractivity contribution in [2.45, 2.75) is 45.4 Å². The fourth-order valence-corrected chi connectivity index (χ4v) is 3.88. The summed E-state index contributed by atoms with van der Waals surface area (Å²) < 4.78 is 8.14. The Bertz CT molecular complexity index is 918. The lowest BCUT2D eigenvalue weighted by Gasteiger charge is -2.13. The van der Waals surface area contributed by atoms with Gasteiger partial charge in [0, 0.05) is 17.9 Å². The first kappa shape index (κ1) is 20.1. The van der Waals surface area contributed by atoms with Crippen LogP contribution in [0, 0.1) is 13.8 Å². The zero-order valence-corrected chi connectivity index (χ0v) is 17.3. The topological polar surface area (TPSA) is 57.0 Å². The normalized spacial score (nSPS) is 10.8. The van der Waals surface area contributed by atoms with E-state index in [1.165, 1.54) is 0 Å². The number of para-hydroxylation sites is 2. The van der Waals surface area contributed by atoms with Gasteiger partial charge in [-0.2, -0.15) is 0 Å². The lowest BCUT2D eigenvalue weighted by Crippen LogP contribution is -2.07. The molecule has 1 aromatic heterocycles. The average Bonchev–Trinajstić information content (AvgIpc) is 3.08. The van der Waals surface area contributed by atoms with E-state index in [-0.39, 0.29) is 5.78 Å². The third-order valence-electron chi connectivity index (χ3n) is 4.37. The Morgan fingerprint density at radius 2 is 1.75 bits per heavy atom. The molecule has 3 aromatic rings. The van der Waals surface area contributed by atoms with Crippen molar-refractivity contribution in [3.8, 4) is 11.4 Å². The van der Waals surface area contributed by atoms with Crippen LogP contribution in [0.3, 0.4) is 0 Å². The van der Waals surface area contributed by atoms with Gasteiger partial charge in [-0.3, -0.25) is 4.57 Å². The molecule has 146 valence electrons. The molecule has 0 aliphatic heterocycles. The predicted octanol–water partition coefficient (Wildman–Crippen LogP) is 4.92. The van der Waals surface area contributed by atoms with E-state index >= 15 is 0 Å². The van der Waals surface area contributed by atoms with Crippen molar-refractivity contribution in [1.29, 1.82) is 0 Å². The van der Waals surface area contributed by atoms with Gasteiger partial charge in [-0.25, -0.2) is 0 Å². The van der Waals surface area contributed by atoms with Crippen molar-refractivity contribution in [3.05, 3.63) is 65.5 Å². The number of nitrogens with zero attached hydrogens (tertiary/aromatic N) is 3. The molecule has 0 atom stereocenters. The molecule has 0 fully saturated rings. The van der Waals surface area contributed by atoms with Crippen molar-refractivity contribution in [1.82, 2.24) is 14.8 Å². The molecule has 0 saturated heterocycles. The standard InChI is InChI=1S/C22H25N3O2S/c1-16-9-7-10-17(2)21(16)27-15-20-23-24-22(28-14-8-11-18(3)26)25(20)19-12-5-4-6-13-19/h4-7,9-10,12-13H,8,11,14-15H2,1-3H3. The molecular formula is C22H25N3O2S. The molecule has 0 saturated carbocycles. The van der Waals surface area contributed by atoms with Crippen molar-refractivity contribution in [2.24, 2.45) is 0 Å². The summed E-state index contributed by atoms with van der Waals surface area (Å²) in [5.74, 6) is 2.68. The van der Waals surface area contributed by atoms with E-state index in [1.54, 1.807) is 18.7 Å². The maximum Gasteiger partial charge on any atom is 0.195 e. The van der Waals surface area contributed by atoms with Gasteiger partial charge >= 0.3 is 0 Å². The molecule has 5 nitrogen and oxygen atoms in total. The zero-order chi connectivity index (χ0) is 19.9. The van der Waals surface area contributed by atoms with E-state index in [0.29, 0.717) is 13.0 Å². The second kappa shape index (κ2) is 9.55. The van der Waals surface area contributed by atoms with Crippen molar-refractivity contribution < 1.29 is 9.53 Å². The molecule has 28 heavy (non-hydrogen) atoms. The first-order chi connectivity index (χ1) is 13.6. The minimum Gasteiger partial charge on any atom is -0.485 e. The van der Waals surface area contributed by atoms with Gasteiger partial charge in [0.05, 0.1) is 0 Å². The summed E-state index contributed by atoms with van der Waals surface area (Å²) >= 11 is 1.61. The highest BCUT2D eigenvalue weighted by Gasteiger charge is 2.16. The molecule has 0 amide bonds. The van der Waals surface area contributed by atoms with Gasteiger partial charge in [-0.05, 0) is 50.5 Å². The van der Waals surface area contributed by atoms with Crippen molar-refractivity contribution in [2.75, 3.05) is 5.75 Å². The second-order valence-corrected chi connectivity index (χ2v) is 7.80. The van der Waals surface area contributed by atoms with Gasteiger partial charge in [-0.15, -0.1) is 10.2 Å². The molecule has 0 radical (unpaired) electrons. The Labute approximate surface area is 170 Å². The number of ketones is 1. The number of carbonyl (C=O) groups is 1. The fourth-order valence-electron chi connectivity index (χ4n) is 2.97. The maximum absolute atomic E-state index is 11.2. The number of thioether (sulfide) groups is 1. The Morgan fingerprint density at radius 1 is 1.04 bits per heavy atom. The van der Waals surface area contributed by atoms with Crippen LogP contribution in [-0.4, -0.2) is 26.3 Å². The third-order valence-corrected chi connectivity index (χ3v) is 5.39. The molecule has 0 bridgehead atoms. The van der Waals surface area contributed by atoms with E-state index in [2.05, 4.69) is 10.2 Å². The second-order valence-electron chi connectivity index (χ2n) is 6.73. The number of rotatable bonds is 9. The summed E-state index contributed by atoms with van der Waals surface area (Å²) in [4.78, 5) is 11.2. The third kappa shape index (κ3) is 5.01. The van der Waals surface area contributed by atoms with Crippen LogP contribution in [0.4, 0.5) is 0 Å². The molecular weight excluding hydrogens is 370 g/mol. The highest BCUT2D eigenvalue weighted by atomic mass is 32.2. The molecule has 0 unspecified atom stereocenters. The molecule has 1 heterocycles. The zero-order valence-electron chi connectivity index (χ0n) is 16.5. The number of hydrogen-bond donors (Lipinski definition) is 0. The van der Waals surface area contributed by atoms with Crippen molar-refractivity contribution in [3.63, 3.8) is 0 Å². The van der Waals surface area contributed by atoms with Gasteiger partial charge in [0.25, 0.3) is 0 Å². The average molecular weight is 396 g/mol. The van der Waals surface area contributed by atoms with Gasteiger partial charge in [-0.1, -0.05) is 48.2 Å². The van der Waals surface area contributed by atoms with Crippen LogP contribution in [0.2, 0.25) is 0 Å². The summed E-state index contributed by atoms with van der Waals surface area (Å²) in [6.07, 6.45) is 1.42.